The Balaban J connectivity index is 1.96. The number of rotatable bonds is 6. The molecule has 2 atom stereocenters. The van der Waals surface area contributed by atoms with Crippen molar-refractivity contribution >= 4 is 0 Å². The SMILES string of the molecule is CC1CCCNC1CNCCCCC(F)(F)F. The van der Waals surface area contributed by atoms with E-state index in [1.165, 1.54) is 12.8 Å². The predicted octanol–water partition coefficient (Wildman–Crippen LogP) is 2.70. The van der Waals surface area contributed by atoms with Gasteiger partial charge in [0.2, 0.25) is 0 Å². The largest absolute Gasteiger partial charge is 0.389 e. The van der Waals surface area contributed by atoms with Crippen molar-refractivity contribution in [1.82, 2.24) is 10.6 Å². The molecule has 1 heterocycles. The van der Waals surface area contributed by atoms with Crippen LogP contribution in [0, 0.1) is 5.92 Å². The number of alkyl halides is 3. The van der Waals surface area contributed by atoms with Crippen molar-refractivity contribution in [3.8, 4) is 0 Å². The number of hydrogen-bond donors (Lipinski definition) is 2. The molecule has 102 valence electrons. The van der Waals surface area contributed by atoms with E-state index < -0.39 is 12.6 Å². The molecule has 1 saturated heterocycles. The van der Waals surface area contributed by atoms with Gasteiger partial charge in [-0.1, -0.05) is 6.92 Å². The standard InChI is InChI=1S/C12H23F3N2/c1-10-5-4-8-17-11(10)9-16-7-3-2-6-12(13,14)15/h10-11,16-17H,2-9H2,1H3. The van der Waals surface area contributed by atoms with E-state index in [4.69, 9.17) is 0 Å². The summed E-state index contributed by atoms with van der Waals surface area (Å²) < 4.78 is 35.6. The summed E-state index contributed by atoms with van der Waals surface area (Å²) in [5, 5.41) is 6.68. The number of halogens is 3. The van der Waals surface area contributed by atoms with Crippen LogP contribution in [-0.2, 0) is 0 Å². The molecule has 1 fully saturated rings. The van der Waals surface area contributed by atoms with E-state index in [0.29, 0.717) is 24.9 Å². The van der Waals surface area contributed by atoms with Gasteiger partial charge >= 0.3 is 6.18 Å². The normalized spacial score (nSPS) is 26.1. The molecule has 5 heteroatoms. The maximum atomic E-state index is 11.9. The molecule has 1 aliphatic rings. The highest BCUT2D eigenvalue weighted by Gasteiger charge is 2.25. The summed E-state index contributed by atoms with van der Waals surface area (Å²) in [6.45, 7) is 4.83. The summed E-state index contributed by atoms with van der Waals surface area (Å²) in [5.74, 6) is 0.659. The lowest BCUT2D eigenvalue weighted by molar-refractivity contribution is -0.135. The Bertz CT molecular complexity index is 206. The molecule has 0 bridgehead atoms. The van der Waals surface area contributed by atoms with Crippen LogP contribution < -0.4 is 10.6 Å². The monoisotopic (exact) mass is 252 g/mol. The molecule has 0 saturated carbocycles. The van der Waals surface area contributed by atoms with Crippen molar-refractivity contribution in [2.24, 2.45) is 5.92 Å². The van der Waals surface area contributed by atoms with E-state index in [1.807, 2.05) is 0 Å². The van der Waals surface area contributed by atoms with Crippen LogP contribution in [0.3, 0.4) is 0 Å². The van der Waals surface area contributed by atoms with Gasteiger partial charge in [-0.15, -0.1) is 0 Å². The second-order valence-electron chi connectivity index (χ2n) is 4.96. The van der Waals surface area contributed by atoms with Crippen LogP contribution in [0.1, 0.15) is 39.0 Å². The summed E-state index contributed by atoms with van der Waals surface area (Å²) in [6, 6.07) is 0.478. The van der Waals surface area contributed by atoms with Gasteiger partial charge in [-0.05, 0) is 44.7 Å². The first-order valence-corrected chi connectivity index (χ1v) is 6.50. The summed E-state index contributed by atoms with van der Waals surface area (Å²) in [6.07, 6.45) is -1.37. The van der Waals surface area contributed by atoms with Crippen LogP contribution in [0.15, 0.2) is 0 Å². The fraction of sp³-hybridized carbons (Fsp3) is 1.00. The summed E-state index contributed by atoms with van der Waals surface area (Å²) in [5.41, 5.74) is 0. The molecule has 0 aliphatic carbocycles. The number of unbranched alkanes of at least 4 members (excludes halogenated alkanes) is 1. The van der Waals surface area contributed by atoms with Crippen molar-refractivity contribution in [1.29, 1.82) is 0 Å². The first-order chi connectivity index (χ1) is 7.99. The lowest BCUT2D eigenvalue weighted by atomic mass is 9.93. The molecule has 2 unspecified atom stereocenters. The van der Waals surface area contributed by atoms with E-state index in [2.05, 4.69) is 17.6 Å². The highest BCUT2D eigenvalue weighted by atomic mass is 19.4. The van der Waals surface area contributed by atoms with Crippen LogP contribution in [0.25, 0.3) is 0 Å². The molecule has 1 rings (SSSR count). The smallest absolute Gasteiger partial charge is 0.315 e. The fourth-order valence-electron chi connectivity index (χ4n) is 2.22. The van der Waals surface area contributed by atoms with E-state index in [1.54, 1.807) is 0 Å². The van der Waals surface area contributed by atoms with Crippen molar-refractivity contribution in [2.75, 3.05) is 19.6 Å². The van der Waals surface area contributed by atoms with Crippen molar-refractivity contribution < 1.29 is 13.2 Å². The third-order valence-electron chi connectivity index (χ3n) is 3.36. The predicted molar refractivity (Wildman–Crippen MR) is 63.0 cm³/mol. The van der Waals surface area contributed by atoms with Gasteiger partial charge in [-0.25, -0.2) is 0 Å². The third-order valence-corrected chi connectivity index (χ3v) is 3.36. The van der Waals surface area contributed by atoms with E-state index >= 15 is 0 Å². The highest BCUT2D eigenvalue weighted by Crippen LogP contribution is 2.21. The Morgan fingerprint density at radius 2 is 2.06 bits per heavy atom. The summed E-state index contributed by atoms with van der Waals surface area (Å²) in [4.78, 5) is 0. The zero-order valence-corrected chi connectivity index (χ0v) is 10.4. The minimum atomic E-state index is -4.00. The lowest BCUT2D eigenvalue weighted by Gasteiger charge is -2.30. The topological polar surface area (TPSA) is 24.1 Å². The first kappa shape index (κ1) is 14.8. The number of nitrogens with one attached hydrogen (secondary N) is 2. The Kier molecular flexibility index (Phi) is 6.27. The molecule has 0 spiro atoms. The lowest BCUT2D eigenvalue weighted by Crippen LogP contribution is -2.46. The highest BCUT2D eigenvalue weighted by molar-refractivity contribution is 4.79. The van der Waals surface area contributed by atoms with Crippen LogP contribution in [0.2, 0.25) is 0 Å². The Labute approximate surface area is 101 Å². The minimum absolute atomic E-state index is 0.226. The summed E-state index contributed by atoms with van der Waals surface area (Å²) in [7, 11) is 0. The molecular formula is C12H23F3N2. The zero-order valence-electron chi connectivity index (χ0n) is 10.4. The molecule has 2 nitrogen and oxygen atoms in total. The molecule has 0 radical (unpaired) electrons. The summed E-state index contributed by atoms with van der Waals surface area (Å²) >= 11 is 0. The van der Waals surface area contributed by atoms with Gasteiger partial charge in [-0.2, -0.15) is 13.2 Å². The average molecular weight is 252 g/mol. The van der Waals surface area contributed by atoms with E-state index in [-0.39, 0.29) is 6.42 Å². The first-order valence-electron chi connectivity index (χ1n) is 6.50. The molecule has 0 aromatic rings. The van der Waals surface area contributed by atoms with Crippen LogP contribution in [-0.4, -0.2) is 31.9 Å². The van der Waals surface area contributed by atoms with Gasteiger partial charge in [0.25, 0.3) is 0 Å². The van der Waals surface area contributed by atoms with Gasteiger partial charge < -0.3 is 10.6 Å². The van der Waals surface area contributed by atoms with E-state index in [0.717, 1.165) is 13.1 Å². The van der Waals surface area contributed by atoms with Crippen LogP contribution in [0.5, 0.6) is 0 Å². The van der Waals surface area contributed by atoms with Gasteiger partial charge in [-0.3, -0.25) is 0 Å². The molecule has 0 aromatic heterocycles. The Morgan fingerprint density at radius 1 is 1.29 bits per heavy atom. The molecule has 0 amide bonds. The Morgan fingerprint density at radius 3 is 2.71 bits per heavy atom. The van der Waals surface area contributed by atoms with Gasteiger partial charge in [0.05, 0.1) is 0 Å². The molecule has 17 heavy (non-hydrogen) atoms. The van der Waals surface area contributed by atoms with E-state index in [9.17, 15) is 13.2 Å². The number of hydrogen-bond acceptors (Lipinski definition) is 2. The fourth-order valence-corrected chi connectivity index (χ4v) is 2.22. The molecule has 2 N–H and O–H groups in total. The van der Waals surface area contributed by atoms with Crippen molar-refractivity contribution in [3.63, 3.8) is 0 Å². The van der Waals surface area contributed by atoms with Gasteiger partial charge in [0, 0.05) is 19.0 Å². The minimum Gasteiger partial charge on any atom is -0.315 e. The van der Waals surface area contributed by atoms with Crippen molar-refractivity contribution in [2.45, 2.75) is 51.2 Å². The van der Waals surface area contributed by atoms with Gasteiger partial charge in [0.1, 0.15) is 0 Å². The molecule has 1 aliphatic heterocycles. The second kappa shape index (κ2) is 7.21. The maximum Gasteiger partial charge on any atom is 0.389 e. The van der Waals surface area contributed by atoms with Gasteiger partial charge in [0.15, 0.2) is 0 Å². The molecular weight excluding hydrogens is 229 g/mol. The average Bonchev–Trinajstić information content (AvgIpc) is 2.24. The second-order valence-corrected chi connectivity index (χ2v) is 4.96. The van der Waals surface area contributed by atoms with Crippen molar-refractivity contribution in [3.05, 3.63) is 0 Å². The third kappa shape index (κ3) is 6.88. The molecule has 0 aromatic carbocycles. The zero-order chi connectivity index (χ0) is 12.7. The maximum absolute atomic E-state index is 11.9. The van der Waals surface area contributed by atoms with Crippen LogP contribution in [0.4, 0.5) is 13.2 Å². The number of piperidine rings is 1. The Hall–Kier alpha value is -0.290. The quantitative estimate of drug-likeness (QED) is 0.710. The van der Waals surface area contributed by atoms with Crippen LogP contribution >= 0.6 is 0 Å².